The van der Waals surface area contributed by atoms with E-state index in [0.29, 0.717) is 13.1 Å². The average molecular weight is 296 g/mol. The largest absolute Gasteiger partial charge is 0.326 e. The molecule has 112 valence electrons. The molecule has 0 radical (unpaired) electrons. The third-order valence-corrected chi connectivity index (χ3v) is 5.96. The highest BCUT2D eigenvalue weighted by Gasteiger charge is 2.28. The van der Waals surface area contributed by atoms with Gasteiger partial charge in [-0.2, -0.15) is 4.31 Å². The van der Waals surface area contributed by atoms with E-state index >= 15 is 0 Å². The molecule has 1 aliphatic heterocycles. The lowest BCUT2D eigenvalue weighted by Gasteiger charge is -2.26. The first kappa shape index (κ1) is 15.5. The number of hydrogen-bond donors (Lipinski definition) is 1. The molecule has 0 aliphatic carbocycles. The van der Waals surface area contributed by atoms with Crippen molar-refractivity contribution in [3.8, 4) is 0 Å². The first-order valence-electron chi connectivity index (χ1n) is 7.31. The van der Waals surface area contributed by atoms with Crippen LogP contribution < -0.4 is 5.73 Å². The van der Waals surface area contributed by atoms with Crippen LogP contribution in [-0.2, 0) is 22.3 Å². The van der Waals surface area contributed by atoms with Gasteiger partial charge in [0, 0.05) is 19.1 Å². The predicted octanol–water partition coefficient (Wildman–Crippen LogP) is 2.24. The highest BCUT2D eigenvalue weighted by molar-refractivity contribution is 7.88. The van der Waals surface area contributed by atoms with Crippen molar-refractivity contribution < 1.29 is 8.42 Å². The van der Waals surface area contributed by atoms with Crippen molar-refractivity contribution >= 4 is 10.0 Å². The molecule has 0 saturated carbocycles. The lowest BCUT2D eigenvalue weighted by Crippen LogP contribution is -2.39. The average Bonchev–Trinajstić information content (AvgIpc) is 2.64. The van der Waals surface area contributed by atoms with Crippen molar-refractivity contribution in [1.29, 1.82) is 0 Å². The van der Waals surface area contributed by atoms with E-state index in [1.54, 1.807) is 4.31 Å². The maximum atomic E-state index is 12.7. The van der Waals surface area contributed by atoms with Crippen LogP contribution in [0.25, 0.3) is 0 Å². The molecule has 1 aliphatic rings. The van der Waals surface area contributed by atoms with Gasteiger partial charge in [0.05, 0.1) is 5.75 Å². The zero-order chi connectivity index (χ0) is 14.6. The molecule has 1 aromatic rings. The Bertz CT molecular complexity index is 543. The second kappa shape index (κ2) is 6.70. The molecule has 0 bridgehead atoms. The Balaban J connectivity index is 2.21. The minimum Gasteiger partial charge on any atom is -0.326 e. The topological polar surface area (TPSA) is 63.4 Å². The van der Waals surface area contributed by atoms with Crippen LogP contribution >= 0.6 is 0 Å². The molecule has 2 N–H and O–H groups in total. The highest BCUT2D eigenvalue weighted by atomic mass is 32.2. The van der Waals surface area contributed by atoms with Crippen LogP contribution in [0, 0.1) is 0 Å². The number of rotatable bonds is 4. The van der Waals surface area contributed by atoms with E-state index in [2.05, 4.69) is 0 Å². The quantitative estimate of drug-likeness (QED) is 0.927. The second-order valence-corrected chi connectivity index (χ2v) is 7.46. The monoisotopic (exact) mass is 296 g/mol. The third kappa shape index (κ3) is 3.59. The summed E-state index contributed by atoms with van der Waals surface area (Å²) in [6.07, 6.45) is 4.15. The molecule has 1 unspecified atom stereocenters. The Hall–Kier alpha value is -0.910. The Kier molecular flexibility index (Phi) is 5.18. The van der Waals surface area contributed by atoms with E-state index in [-0.39, 0.29) is 11.8 Å². The Morgan fingerprint density at radius 1 is 1.20 bits per heavy atom. The van der Waals surface area contributed by atoms with Crippen LogP contribution in [0.2, 0.25) is 0 Å². The molecule has 20 heavy (non-hydrogen) atoms. The van der Waals surface area contributed by atoms with Crippen LogP contribution in [0.1, 0.15) is 43.7 Å². The molecule has 1 saturated heterocycles. The van der Waals surface area contributed by atoms with Gasteiger partial charge >= 0.3 is 0 Å². The van der Waals surface area contributed by atoms with E-state index in [1.165, 1.54) is 0 Å². The fourth-order valence-corrected chi connectivity index (χ4v) is 4.74. The van der Waals surface area contributed by atoms with Crippen molar-refractivity contribution in [1.82, 2.24) is 4.31 Å². The number of hydrogen-bond acceptors (Lipinski definition) is 3. The number of sulfonamides is 1. The van der Waals surface area contributed by atoms with Crippen LogP contribution in [0.3, 0.4) is 0 Å². The number of benzene rings is 1. The Morgan fingerprint density at radius 3 is 2.60 bits per heavy atom. The minimum absolute atomic E-state index is 0.0602. The maximum absolute atomic E-state index is 12.7. The molecule has 0 amide bonds. The van der Waals surface area contributed by atoms with E-state index in [0.717, 1.165) is 36.8 Å². The summed E-state index contributed by atoms with van der Waals surface area (Å²) in [6, 6.07) is 7.63. The van der Waals surface area contributed by atoms with Crippen molar-refractivity contribution in [2.24, 2.45) is 5.73 Å². The van der Waals surface area contributed by atoms with Crippen molar-refractivity contribution in [2.75, 3.05) is 6.54 Å². The van der Waals surface area contributed by atoms with E-state index in [9.17, 15) is 8.42 Å². The lowest BCUT2D eigenvalue weighted by atomic mass is 10.1. The summed E-state index contributed by atoms with van der Waals surface area (Å²) in [5.74, 6) is 0.0602. The van der Waals surface area contributed by atoms with E-state index in [1.807, 2.05) is 31.2 Å². The minimum atomic E-state index is -3.26. The van der Waals surface area contributed by atoms with Gasteiger partial charge in [0.15, 0.2) is 0 Å². The molecule has 2 rings (SSSR count). The molecule has 0 spiro atoms. The van der Waals surface area contributed by atoms with Crippen LogP contribution in [0.15, 0.2) is 24.3 Å². The number of nitrogens with zero attached hydrogens (tertiary/aromatic N) is 1. The van der Waals surface area contributed by atoms with E-state index < -0.39 is 10.0 Å². The van der Waals surface area contributed by atoms with Gasteiger partial charge in [0.1, 0.15) is 0 Å². The van der Waals surface area contributed by atoms with Crippen molar-refractivity contribution in [3.05, 3.63) is 35.4 Å². The summed E-state index contributed by atoms with van der Waals surface area (Å²) in [5.41, 5.74) is 7.43. The molecule has 1 heterocycles. The molecule has 1 aromatic carbocycles. The lowest BCUT2D eigenvalue weighted by molar-refractivity contribution is 0.341. The van der Waals surface area contributed by atoms with Gasteiger partial charge in [-0.15, -0.1) is 0 Å². The first-order chi connectivity index (χ1) is 9.54. The summed E-state index contributed by atoms with van der Waals surface area (Å²) >= 11 is 0. The van der Waals surface area contributed by atoms with Gasteiger partial charge in [-0.3, -0.25) is 0 Å². The van der Waals surface area contributed by atoms with Gasteiger partial charge in [-0.1, -0.05) is 37.1 Å². The maximum Gasteiger partial charge on any atom is 0.218 e. The summed E-state index contributed by atoms with van der Waals surface area (Å²) < 4.78 is 27.0. The zero-order valence-electron chi connectivity index (χ0n) is 12.1. The number of nitrogens with two attached hydrogens (primary N) is 1. The van der Waals surface area contributed by atoms with Crippen LogP contribution in [0.5, 0.6) is 0 Å². The molecule has 1 atom stereocenters. The molecular weight excluding hydrogens is 272 g/mol. The molecule has 5 heteroatoms. The summed E-state index contributed by atoms with van der Waals surface area (Å²) in [4.78, 5) is 0. The fourth-order valence-electron chi connectivity index (χ4n) is 2.84. The predicted molar refractivity (Wildman–Crippen MR) is 81.6 cm³/mol. The third-order valence-electron chi connectivity index (χ3n) is 4.03. The SMILES string of the molecule is CC1CCCCCN1S(=O)(=O)Cc1ccccc1CN. The Morgan fingerprint density at radius 2 is 1.90 bits per heavy atom. The Labute approximate surface area is 122 Å². The van der Waals surface area contributed by atoms with Crippen LogP contribution in [0.4, 0.5) is 0 Å². The summed E-state index contributed by atoms with van der Waals surface area (Å²) in [7, 11) is -3.26. The normalized spacial score (nSPS) is 21.6. The first-order valence-corrected chi connectivity index (χ1v) is 8.92. The standard InChI is InChI=1S/C15H24N2O2S/c1-13-7-3-2-6-10-17(13)20(18,19)12-15-9-5-4-8-14(15)11-16/h4-5,8-9,13H,2-3,6-7,10-12,16H2,1H3. The molecule has 4 nitrogen and oxygen atoms in total. The van der Waals surface area contributed by atoms with Gasteiger partial charge in [-0.05, 0) is 30.9 Å². The van der Waals surface area contributed by atoms with Gasteiger partial charge in [0.25, 0.3) is 0 Å². The summed E-state index contributed by atoms with van der Waals surface area (Å²) in [5, 5.41) is 0. The smallest absolute Gasteiger partial charge is 0.218 e. The molecule has 1 fully saturated rings. The summed E-state index contributed by atoms with van der Waals surface area (Å²) in [6.45, 7) is 3.03. The van der Waals surface area contributed by atoms with Gasteiger partial charge < -0.3 is 5.73 Å². The molecule has 0 aromatic heterocycles. The zero-order valence-corrected chi connectivity index (χ0v) is 12.9. The van der Waals surface area contributed by atoms with E-state index in [4.69, 9.17) is 5.73 Å². The molecular formula is C15H24N2O2S. The van der Waals surface area contributed by atoms with Gasteiger partial charge in [0.2, 0.25) is 10.0 Å². The van der Waals surface area contributed by atoms with Crippen molar-refractivity contribution in [2.45, 2.75) is 50.9 Å². The fraction of sp³-hybridized carbons (Fsp3) is 0.600. The highest BCUT2D eigenvalue weighted by Crippen LogP contribution is 2.23. The van der Waals surface area contributed by atoms with Crippen molar-refractivity contribution in [3.63, 3.8) is 0 Å². The second-order valence-electron chi connectivity index (χ2n) is 5.54. The van der Waals surface area contributed by atoms with Crippen LogP contribution in [-0.4, -0.2) is 25.3 Å². The van der Waals surface area contributed by atoms with Gasteiger partial charge in [-0.25, -0.2) is 8.42 Å².